The molecule has 1 saturated carbocycles. The third-order valence-corrected chi connectivity index (χ3v) is 2.72. The summed E-state index contributed by atoms with van der Waals surface area (Å²) in [5, 5.41) is 0. The molecule has 1 rings (SSSR count). The van der Waals surface area contributed by atoms with Crippen molar-refractivity contribution in [3.8, 4) is 0 Å². The van der Waals surface area contributed by atoms with Gasteiger partial charge in [0.2, 0.25) is 0 Å². The van der Waals surface area contributed by atoms with Crippen LogP contribution in [0.4, 0.5) is 0 Å². The Morgan fingerprint density at radius 2 is 2.25 bits per heavy atom. The number of nitrogens with zero attached hydrogens (tertiary/aromatic N) is 1. The van der Waals surface area contributed by atoms with Gasteiger partial charge in [-0.15, -0.1) is 0 Å². The summed E-state index contributed by atoms with van der Waals surface area (Å²) in [6, 6.07) is 0. The van der Waals surface area contributed by atoms with Crippen molar-refractivity contribution in [1.29, 1.82) is 0 Å². The fourth-order valence-electron chi connectivity index (χ4n) is 1.79. The third kappa shape index (κ3) is 2.96. The number of hydrogen-bond acceptors (Lipinski definition) is 1. The van der Waals surface area contributed by atoms with Crippen LogP contribution in [-0.4, -0.2) is 12.3 Å². The summed E-state index contributed by atoms with van der Waals surface area (Å²) in [5.41, 5.74) is 1.50. The molecule has 0 radical (unpaired) electrons. The van der Waals surface area contributed by atoms with Gasteiger partial charge in [0.05, 0.1) is 0 Å². The van der Waals surface area contributed by atoms with E-state index in [4.69, 9.17) is 0 Å². The maximum absolute atomic E-state index is 4.67. The van der Waals surface area contributed by atoms with E-state index in [2.05, 4.69) is 18.8 Å². The Bertz CT molecular complexity index is 149. The maximum atomic E-state index is 4.67. The van der Waals surface area contributed by atoms with Crippen molar-refractivity contribution in [2.45, 2.75) is 52.4 Å². The van der Waals surface area contributed by atoms with Crippen LogP contribution in [0, 0.1) is 5.92 Å². The molecule has 0 amide bonds. The molecule has 0 spiro atoms. The van der Waals surface area contributed by atoms with Crippen molar-refractivity contribution in [2.24, 2.45) is 10.9 Å². The van der Waals surface area contributed by atoms with Crippen molar-refractivity contribution in [3.05, 3.63) is 0 Å². The van der Waals surface area contributed by atoms with Gasteiger partial charge in [0.25, 0.3) is 0 Å². The second-order valence-electron chi connectivity index (χ2n) is 3.87. The monoisotopic (exact) mass is 167 g/mol. The second-order valence-corrected chi connectivity index (χ2v) is 3.87. The molecular formula is C11H21N. The van der Waals surface area contributed by atoms with E-state index in [1.807, 2.05) is 0 Å². The molecule has 1 aliphatic carbocycles. The Balaban J connectivity index is 2.31. The second kappa shape index (κ2) is 5.34. The first-order valence-corrected chi connectivity index (χ1v) is 5.37. The zero-order valence-corrected chi connectivity index (χ0v) is 8.47. The van der Waals surface area contributed by atoms with Crippen LogP contribution in [0.25, 0.3) is 0 Å². The summed E-state index contributed by atoms with van der Waals surface area (Å²) in [7, 11) is 0. The molecule has 1 nitrogen and oxygen atoms in total. The highest BCUT2D eigenvalue weighted by molar-refractivity contribution is 5.87. The van der Waals surface area contributed by atoms with E-state index in [-0.39, 0.29) is 0 Å². The Morgan fingerprint density at radius 3 is 2.92 bits per heavy atom. The lowest BCUT2D eigenvalue weighted by molar-refractivity contribution is 0.556. The van der Waals surface area contributed by atoms with Crippen LogP contribution >= 0.6 is 0 Å². The van der Waals surface area contributed by atoms with Gasteiger partial charge in [0, 0.05) is 12.3 Å². The third-order valence-electron chi connectivity index (χ3n) is 2.72. The van der Waals surface area contributed by atoms with Crippen molar-refractivity contribution in [1.82, 2.24) is 0 Å². The average Bonchev–Trinajstić information content (AvgIpc) is 2.09. The Morgan fingerprint density at radius 1 is 1.42 bits per heavy atom. The van der Waals surface area contributed by atoms with Crippen molar-refractivity contribution >= 4 is 5.71 Å². The largest absolute Gasteiger partial charge is 0.294 e. The summed E-state index contributed by atoms with van der Waals surface area (Å²) >= 11 is 0. The van der Waals surface area contributed by atoms with Gasteiger partial charge < -0.3 is 0 Å². The molecule has 0 heterocycles. The average molecular weight is 167 g/mol. The first-order valence-electron chi connectivity index (χ1n) is 5.37. The van der Waals surface area contributed by atoms with Crippen LogP contribution < -0.4 is 0 Å². The lowest BCUT2D eigenvalue weighted by atomic mass is 9.89. The van der Waals surface area contributed by atoms with Crippen LogP contribution in [0.15, 0.2) is 4.99 Å². The Kier molecular flexibility index (Phi) is 4.34. The number of rotatable bonds is 3. The predicted octanol–water partition coefficient (Wildman–Crippen LogP) is 3.44. The molecule has 1 unspecified atom stereocenters. The summed E-state index contributed by atoms with van der Waals surface area (Å²) in [6.45, 7) is 5.62. The topological polar surface area (TPSA) is 12.4 Å². The van der Waals surface area contributed by atoms with E-state index in [0.717, 1.165) is 12.5 Å². The van der Waals surface area contributed by atoms with Gasteiger partial charge in [-0.05, 0) is 31.6 Å². The molecule has 0 bridgehead atoms. The van der Waals surface area contributed by atoms with Gasteiger partial charge in [-0.1, -0.05) is 26.7 Å². The molecule has 0 aliphatic heterocycles. The molecule has 0 saturated heterocycles. The normalized spacial score (nSPS) is 27.8. The molecule has 1 fully saturated rings. The zero-order valence-electron chi connectivity index (χ0n) is 8.47. The lowest BCUT2D eigenvalue weighted by Crippen LogP contribution is -2.16. The molecule has 0 aromatic carbocycles. The fourth-order valence-corrected chi connectivity index (χ4v) is 1.79. The molecule has 0 N–H and O–H groups in total. The van der Waals surface area contributed by atoms with E-state index in [1.54, 1.807) is 0 Å². The SMILES string of the molecule is CCCCN=C1CCCCC1C. The van der Waals surface area contributed by atoms with Crippen LogP contribution in [-0.2, 0) is 0 Å². The van der Waals surface area contributed by atoms with Crippen LogP contribution in [0.3, 0.4) is 0 Å². The smallest absolute Gasteiger partial charge is 0.0388 e. The zero-order chi connectivity index (χ0) is 8.81. The molecule has 12 heavy (non-hydrogen) atoms. The highest BCUT2D eigenvalue weighted by Gasteiger charge is 2.14. The molecule has 0 aromatic heterocycles. The van der Waals surface area contributed by atoms with Gasteiger partial charge in [0.1, 0.15) is 0 Å². The van der Waals surface area contributed by atoms with E-state index in [0.29, 0.717) is 0 Å². The van der Waals surface area contributed by atoms with E-state index < -0.39 is 0 Å². The van der Waals surface area contributed by atoms with Crippen LogP contribution in [0.5, 0.6) is 0 Å². The van der Waals surface area contributed by atoms with Crippen LogP contribution in [0.1, 0.15) is 52.4 Å². The minimum Gasteiger partial charge on any atom is -0.294 e. The Hall–Kier alpha value is -0.330. The highest BCUT2D eigenvalue weighted by Crippen LogP contribution is 2.21. The van der Waals surface area contributed by atoms with Crippen molar-refractivity contribution < 1.29 is 0 Å². The van der Waals surface area contributed by atoms with Crippen LogP contribution in [0.2, 0.25) is 0 Å². The minimum atomic E-state index is 0.774. The van der Waals surface area contributed by atoms with Gasteiger partial charge in [-0.3, -0.25) is 4.99 Å². The quantitative estimate of drug-likeness (QED) is 0.571. The molecular weight excluding hydrogens is 146 g/mol. The summed E-state index contributed by atoms with van der Waals surface area (Å²) in [4.78, 5) is 4.67. The summed E-state index contributed by atoms with van der Waals surface area (Å²) in [6.07, 6.45) is 7.94. The van der Waals surface area contributed by atoms with Gasteiger partial charge in [-0.25, -0.2) is 0 Å². The fraction of sp³-hybridized carbons (Fsp3) is 0.909. The predicted molar refractivity (Wildman–Crippen MR) is 54.8 cm³/mol. The van der Waals surface area contributed by atoms with E-state index in [1.165, 1.54) is 44.2 Å². The summed E-state index contributed by atoms with van der Waals surface area (Å²) < 4.78 is 0. The van der Waals surface area contributed by atoms with E-state index in [9.17, 15) is 0 Å². The first kappa shape index (κ1) is 9.76. The first-order chi connectivity index (χ1) is 5.84. The number of hydrogen-bond donors (Lipinski definition) is 0. The number of aliphatic imine (C=N–C) groups is 1. The molecule has 70 valence electrons. The van der Waals surface area contributed by atoms with Gasteiger partial charge >= 0.3 is 0 Å². The van der Waals surface area contributed by atoms with Crippen molar-refractivity contribution in [3.63, 3.8) is 0 Å². The molecule has 0 aromatic rings. The maximum Gasteiger partial charge on any atom is 0.0388 e. The van der Waals surface area contributed by atoms with Crippen molar-refractivity contribution in [2.75, 3.05) is 6.54 Å². The van der Waals surface area contributed by atoms with Gasteiger partial charge in [-0.2, -0.15) is 0 Å². The highest BCUT2D eigenvalue weighted by atomic mass is 14.7. The molecule has 1 atom stereocenters. The lowest BCUT2D eigenvalue weighted by Gasteiger charge is -2.20. The number of unbranched alkanes of at least 4 members (excludes halogenated alkanes) is 1. The molecule has 1 aliphatic rings. The standard InChI is InChI=1S/C11H21N/c1-3-4-9-12-11-8-6-5-7-10(11)2/h10H,3-9H2,1-2H3. The Labute approximate surface area is 76.3 Å². The summed E-state index contributed by atoms with van der Waals surface area (Å²) in [5.74, 6) is 0.774. The van der Waals surface area contributed by atoms with E-state index >= 15 is 0 Å². The molecule has 1 heteroatoms. The van der Waals surface area contributed by atoms with Gasteiger partial charge in [0.15, 0.2) is 0 Å². The minimum absolute atomic E-state index is 0.774.